The van der Waals surface area contributed by atoms with Gasteiger partial charge in [0.1, 0.15) is 0 Å². The Morgan fingerprint density at radius 2 is 1.20 bits per heavy atom. The number of rotatable bonds is 26. The van der Waals surface area contributed by atoms with Gasteiger partial charge in [0.15, 0.2) is 0 Å². The van der Waals surface area contributed by atoms with Gasteiger partial charge in [0.2, 0.25) is 0 Å². The van der Waals surface area contributed by atoms with E-state index in [-0.39, 0.29) is 0 Å². The standard InChI is InChI=1S/C36H64N4/c1-3-5-7-9-15-19-27-37-35-23-31-39(32-24-35)29-21-17-13-11-12-14-18-22-30-40-33-25-36(26-34-40)38-28-20-16-10-8-6-4-2/h23-26,31-33,38H,3-22,27-30,34H2,1-2H3. The summed E-state index contributed by atoms with van der Waals surface area (Å²) >= 11 is 0. The minimum Gasteiger partial charge on any atom is -0.385 e. The van der Waals surface area contributed by atoms with Gasteiger partial charge in [-0.25, -0.2) is 0 Å². The Bertz CT molecular complexity index is 817. The van der Waals surface area contributed by atoms with Crippen LogP contribution in [0.5, 0.6) is 0 Å². The summed E-state index contributed by atoms with van der Waals surface area (Å²) in [7, 11) is 0. The number of aryl methyl sites for hydroxylation is 1. The number of unbranched alkanes of at least 4 members (excludes halogenated alkanes) is 17. The first-order valence-electron chi connectivity index (χ1n) is 17.3. The maximum Gasteiger partial charge on any atom is 0.0603 e. The van der Waals surface area contributed by atoms with Gasteiger partial charge in [0.25, 0.3) is 0 Å². The molecule has 0 aliphatic carbocycles. The highest BCUT2D eigenvalue weighted by atomic mass is 15.1. The first-order chi connectivity index (χ1) is 19.8. The van der Waals surface area contributed by atoms with E-state index in [2.05, 4.69) is 71.5 Å². The van der Waals surface area contributed by atoms with Crippen molar-refractivity contribution in [3.63, 3.8) is 0 Å². The van der Waals surface area contributed by atoms with Gasteiger partial charge < -0.3 is 14.8 Å². The number of pyridine rings is 1. The molecule has 1 aliphatic rings. The van der Waals surface area contributed by atoms with Crippen molar-refractivity contribution in [3.05, 3.63) is 53.9 Å². The average Bonchev–Trinajstić information content (AvgIpc) is 2.98. The maximum absolute atomic E-state index is 4.74. The van der Waals surface area contributed by atoms with Crippen LogP contribution in [0.1, 0.15) is 142 Å². The summed E-state index contributed by atoms with van der Waals surface area (Å²) in [6, 6.07) is 4.36. The Morgan fingerprint density at radius 3 is 1.80 bits per heavy atom. The molecular weight excluding hydrogens is 488 g/mol. The number of nitrogens with zero attached hydrogens (tertiary/aromatic N) is 3. The Morgan fingerprint density at radius 1 is 0.650 bits per heavy atom. The first-order valence-corrected chi connectivity index (χ1v) is 17.3. The number of nitrogens with one attached hydrogen (secondary N) is 1. The summed E-state index contributed by atoms with van der Waals surface area (Å²) in [6.07, 6.45) is 38.4. The highest BCUT2D eigenvalue weighted by molar-refractivity contribution is 5.20. The fraction of sp³-hybridized carbons (Fsp3) is 0.750. The predicted molar refractivity (Wildman–Crippen MR) is 175 cm³/mol. The molecule has 4 nitrogen and oxygen atoms in total. The van der Waals surface area contributed by atoms with Crippen LogP contribution in [0.2, 0.25) is 0 Å². The zero-order valence-corrected chi connectivity index (χ0v) is 26.6. The predicted octanol–water partition coefficient (Wildman–Crippen LogP) is 9.53. The third kappa shape index (κ3) is 18.4. The highest BCUT2D eigenvalue weighted by Crippen LogP contribution is 2.12. The van der Waals surface area contributed by atoms with Crippen LogP contribution in [-0.2, 0) is 6.54 Å². The topological polar surface area (TPSA) is 32.6 Å². The molecule has 0 radical (unpaired) electrons. The van der Waals surface area contributed by atoms with Crippen LogP contribution in [-0.4, -0.2) is 35.6 Å². The molecule has 2 rings (SSSR count). The molecule has 0 atom stereocenters. The van der Waals surface area contributed by atoms with Crippen LogP contribution in [0.4, 0.5) is 0 Å². The van der Waals surface area contributed by atoms with E-state index >= 15 is 0 Å². The van der Waals surface area contributed by atoms with Crippen molar-refractivity contribution in [1.29, 1.82) is 0 Å². The zero-order chi connectivity index (χ0) is 28.4. The maximum atomic E-state index is 4.74. The van der Waals surface area contributed by atoms with Gasteiger partial charge in [-0.1, -0.05) is 117 Å². The van der Waals surface area contributed by atoms with Gasteiger partial charge in [0.05, 0.1) is 5.36 Å². The summed E-state index contributed by atoms with van der Waals surface area (Å²) in [5.74, 6) is 0. The van der Waals surface area contributed by atoms with Crippen molar-refractivity contribution >= 4 is 0 Å². The van der Waals surface area contributed by atoms with Gasteiger partial charge in [-0.3, -0.25) is 4.99 Å². The van der Waals surface area contributed by atoms with Crippen molar-refractivity contribution < 1.29 is 0 Å². The molecule has 0 fully saturated rings. The normalized spacial score (nSPS) is 13.1. The lowest BCUT2D eigenvalue weighted by molar-refractivity contribution is 0.389. The second-order valence-corrected chi connectivity index (χ2v) is 11.9. The third-order valence-electron chi connectivity index (χ3n) is 8.16. The second kappa shape index (κ2) is 24.8. The van der Waals surface area contributed by atoms with Gasteiger partial charge in [-0.2, -0.15) is 0 Å². The number of hydrogen-bond donors (Lipinski definition) is 1. The molecular formula is C36H64N4. The van der Waals surface area contributed by atoms with Crippen molar-refractivity contribution in [1.82, 2.24) is 14.8 Å². The highest BCUT2D eigenvalue weighted by Gasteiger charge is 2.04. The molecule has 1 aromatic rings. The number of aromatic nitrogens is 1. The second-order valence-electron chi connectivity index (χ2n) is 11.9. The number of allylic oxidation sites excluding steroid dienone is 1. The Labute approximate surface area is 248 Å². The van der Waals surface area contributed by atoms with Crippen LogP contribution in [0, 0.1) is 0 Å². The monoisotopic (exact) mass is 553 g/mol. The van der Waals surface area contributed by atoms with Crippen molar-refractivity contribution in [3.8, 4) is 0 Å². The van der Waals surface area contributed by atoms with Crippen molar-refractivity contribution in [2.24, 2.45) is 4.99 Å². The van der Waals surface area contributed by atoms with E-state index < -0.39 is 0 Å². The molecule has 228 valence electrons. The van der Waals surface area contributed by atoms with Gasteiger partial charge in [-0.05, 0) is 50.0 Å². The van der Waals surface area contributed by atoms with Crippen LogP contribution >= 0.6 is 0 Å². The third-order valence-corrected chi connectivity index (χ3v) is 8.16. The first kappa shape index (κ1) is 34.2. The molecule has 0 aromatic carbocycles. The Kier molecular flexibility index (Phi) is 21.2. The summed E-state index contributed by atoms with van der Waals surface area (Å²) in [5.41, 5.74) is 1.31. The molecule has 0 bridgehead atoms. The molecule has 4 heteroatoms. The number of hydrogen-bond acceptors (Lipinski definition) is 3. The summed E-state index contributed by atoms with van der Waals surface area (Å²) in [5, 5.41) is 4.74. The van der Waals surface area contributed by atoms with E-state index in [0.717, 1.165) is 31.5 Å². The molecule has 1 aromatic heterocycles. The minimum atomic E-state index is 0.973. The minimum absolute atomic E-state index is 0.973. The van der Waals surface area contributed by atoms with Crippen LogP contribution < -0.4 is 10.7 Å². The Balaban J connectivity index is 1.37. The average molecular weight is 553 g/mol. The molecule has 1 aliphatic heterocycles. The quantitative estimate of drug-likeness (QED) is 0.116. The van der Waals surface area contributed by atoms with Crippen LogP contribution in [0.3, 0.4) is 0 Å². The van der Waals surface area contributed by atoms with Gasteiger partial charge in [-0.15, -0.1) is 0 Å². The van der Waals surface area contributed by atoms with Crippen molar-refractivity contribution in [2.75, 3.05) is 26.2 Å². The lowest BCUT2D eigenvalue weighted by Crippen LogP contribution is -2.24. The lowest BCUT2D eigenvalue weighted by Gasteiger charge is -2.23. The lowest BCUT2D eigenvalue weighted by atomic mass is 10.1. The fourth-order valence-electron chi connectivity index (χ4n) is 5.44. The van der Waals surface area contributed by atoms with Crippen molar-refractivity contribution in [2.45, 2.75) is 149 Å². The summed E-state index contributed by atoms with van der Waals surface area (Å²) in [6.45, 7) is 10.0. The Hall–Kier alpha value is -1.97. The summed E-state index contributed by atoms with van der Waals surface area (Å²) in [4.78, 5) is 7.20. The van der Waals surface area contributed by atoms with E-state index in [9.17, 15) is 0 Å². The molecule has 40 heavy (non-hydrogen) atoms. The molecule has 0 saturated heterocycles. The van der Waals surface area contributed by atoms with E-state index in [0.29, 0.717) is 0 Å². The smallest absolute Gasteiger partial charge is 0.0603 e. The zero-order valence-electron chi connectivity index (χ0n) is 26.6. The van der Waals surface area contributed by atoms with Crippen LogP contribution in [0.15, 0.2) is 53.6 Å². The van der Waals surface area contributed by atoms with Crippen LogP contribution in [0.25, 0.3) is 0 Å². The molecule has 2 heterocycles. The van der Waals surface area contributed by atoms with Gasteiger partial charge >= 0.3 is 0 Å². The molecule has 0 amide bonds. The fourth-order valence-corrected chi connectivity index (χ4v) is 5.44. The van der Waals surface area contributed by atoms with E-state index in [1.165, 1.54) is 141 Å². The largest absolute Gasteiger partial charge is 0.385 e. The van der Waals surface area contributed by atoms with Gasteiger partial charge in [0, 0.05) is 57.0 Å². The van der Waals surface area contributed by atoms with E-state index in [1.54, 1.807) is 0 Å². The molecule has 0 spiro atoms. The molecule has 0 saturated carbocycles. The molecule has 1 N–H and O–H groups in total. The van der Waals surface area contributed by atoms with E-state index in [1.807, 2.05) is 0 Å². The SMILES string of the molecule is CCCCCCCCN=c1ccn(CCCCCCCCCCN2C=CC(NCCCCCCCC)=CC2)cc1. The summed E-state index contributed by atoms with van der Waals surface area (Å²) < 4.78 is 2.32. The van der Waals surface area contributed by atoms with E-state index in [4.69, 9.17) is 4.99 Å². The molecule has 0 unspecified atom stereocenters.